The predicted octanol–water partition coefficient (Wildman–Crippen LogP) is 2.59. The lowest BCUT2D eigenvalue weighted by Crippen LogP contribution is -2.32. The Balaban J connectivity index is 2.34. The third-order valence-electron chi connectivity index (χ3n) is 3.02. The molecule has 0 bridgehead atoms. The van der Waals surface area contributed by atoms with Crippen molar-refractivity contribution in [2.45, 2.75) is 27.2 Å². The molecule has 0 aliphatic heterocycles. The Kier molecular flexibility index (Phi) is 3.38. The molecule has 0 fully saturated rings. The lowest BCUT2D eigenvalue weighted by atomic mass is 9.91. The average molecular weight is 312 g/mol. The Morgan fingerprint density at radius 2 is 2.28 bits per heavy atom. The minimum Gasteiger partial charge on any atom is -0.334 e. The van der Waals surface area contributed by atoms with Crippen LogP contribution in [-0.2, 0) is 4.79 Å². The van der Waals surface area contributed by atoms with E-state index in [0.29, 0.717) is 12.1 Å². The molecule has 0 aliphatic rings. The van der Waals surface area contributed by atoms with Gasteiger partial charge in [0.1, 0.15) is 0 Å². The van der Waals surface area contributed by atoms with Crippen LogP contribution < -0.4 is 4.84 Å². The highest BCUT2D eigenvalue weighted by molar-refractivity contribution is 9.10. The van der Waals surface area contributed by atoms with Crippen LogP contribution in [0.1, 0.15) is 27.2 Å². The molecule has 18 heavy (non-hydrogen) atoms. The third-order valence-corrected chi connectivity index (χ3v) is 3.66. The summed E-state index contributed by atoms with van der Waals surface area (Å²) < 4.78 is 2.17. The molecule has 0 unspecified atom stereocenters. The monoisotopic (exact) mass is 311 g/mol. The smallest absolute Gasteiger partial charge is 0.334 e. The highest BCUT2D eigenvalue weighted by Crippen LogP contribution is 2.23. The van der Waals surface area contributed by atoms with E-state index in [-0.39, 0.29) is 5.97 Å². The zero-order chi connectivity index (χ0) is 13.3. The van der Waals surface area contributed by atoms with Gasteiger partial charge in [-0.15, -0.1) is 5.10 Å². The summed E-state index contributed by atoms with van der Waals surface area (Å²) in [5, 5.41) is 8.65. The maximum atomic E-state index is 12.0. The summed E-state index contributed by atoms with van der Waals surface area (Å²) in [6.07, 6.45) is 3.97. The Labute approximate surface area is 113 Å². The molecular weight excluding hydrogens is 298 g/mol. The minimum atomic E-state index is -0.518. The van der Waals surface area contributed by atoms with Gasteiger partial charge in [0.25, 0.3) is 0 Å². The van der Waals surface area contributed by atoms with Crippen molar-refractivity contribution in [3.63, 3.8) is 0 Å². The molecule has 2 aromatic rings. The maximum absolute atomic E-state index is 12.0. The number of aromatic nitrogens is 3. The first kappa shape index (κ1) is 13.0. The summed E-state index contributed by atoms with van der Waals surface area (Å²) in [4.78, 5) is 17.3. The largest absolute Gasteiger partial charge is 0.338 e. The van der Waals surface area contributed by atoms with E-state index in [9.17, 15) is 4.79 Å². The first-order valence-corrected chi connectivity index (χ1v) is 6.46. The molecule has 5 nitrogen and oxygen atoms in total. The van der Waals surface area contributed by atoms with Gasteiger partial charge in [0.15, 0.2) is 5.65 Å². The molecule has 0 aromatic carbocycles. The normalized spacial score (nSPS) is 11.8. The third kappa shape index (κ3) is 2.25. The molecule has 0 spiro atoms. The molecule has 0 N–H and O–H groups in total. The SMILES string of the molecule is CCC(C)(C)C(=O)On1ccc2c(Br)cnnc21. The van der Waals surface area contributed by atoms with E-state index < -0.39 is 5.41 Å². The predicted molar refractivity (Wildman–Crippen MR) is 70.9 cm³/mol. The molecule has 0 amide bonds. The van der Waals surface area contributed by atoms with Crippen LogP contribution in [0.5, 0.6) is 0 Å². The molecule has 0 aliphatic carbocycles. The van der Waals surface area contributed by atoms with E-state index >= 15 is 0 Å². The van der Waals surface area contributed by atoms with E-state index in [1.807, 2.05) is 26.8 Å². The Bertz CT molecular complexity index is 592. The van der Waals surface area contributed by atoms with Gasteiger partial charge >= 0.3 is 5.97 Å². The Morgan fingerprint density at radius 3 is 2.94 bits per heavy atom. The van der Waals surface area contributed by atoms with E-state index in [0.717, 1.165) is 9.86 Å². The van der Waals surface area contributed by atoms with Crippen molar-refractivity contribution < 1.29 is 9.63 Å². The van der Waals surface area contributed by atoms with Crippen LogP contribution in [0.3, 0.4) is 0 Å². The van der Waals surface area contributed by atoms with Crippen molar-refractivity contribution in [3.05, 3.63) is 22.9 Å². The number of carbonyl (C=O) groups excluding carboxylic acids is 1. The zero-order valence-corrected chi connectivity index (χ0v) is 12.1. The fourth-order valence-electron chi connectivity index (χ4n) is 1.33. The second-order valence-electron chi connectivity index (χ2n) is 4.69. The number of halogens is 1. The molecule has 2 heterocycles. The standard InChI is InChI=1S/C12H14BrN3O2/c1-4-12(2,3)11(17)18-16-6-5-8-9(13)7-14-15-10(8)16/h5-7H,4H2,1-3H3. The van der Waals surface area contributed by atoms with Crippen LogP contribution in [-0.4, -0.2) is 20.9 Å². The fourth-order valence-corrected chi connectivity index (χ4v) is 1.73. The van der Waals surface area contributed by atoms with Gasteiger partial charge in [0.05, 0.1) is 11.6 Å². The van der Waals surface area contributed by atoms with Crippen molar-refractivity contribution in [2.75, 3.05) is 0 Å². The number of hydrogen-bond acceptors (Lipinski definition) is 4. The summed E-state index contributed by atoms with van der Waals surface area (Å²) in [5.41, 5.74) is 0.000351. The second-order valence-corrected chi connectivity index (χ2v) is 5.54. The maximum Gasteiger partial charge on any atom is 0.338 e. The second kappa shape index (κ2) is 4.68. The summed E-state index contributed by atoms with van der Waals surface area (Å²) in [7, 11) is 0. The van der Waals surface area contributed by atoms with Crippen molar-refractivity contribution in [1.82, 2.24) is 14.9 Å². The fraction of sp³-hybridized carbons (Fsp3) is 0.417. The highest BCUT2D eigenvalue weighted by atomic mass is 79.9. The summed E-state index contributed by atoms with van der Waals surface area (Å²) in [6, 6.07) is 1.82. The first-order valence-electron chi connectivity index (χ1n) is 5.66. The molecule has 6 heteroatoms. The average Bonchev–Trinajstić information content (AvgIpc) is 2.74. The topological polar surface area (TPSA) is 57.0 Å². The molecular formula is C12H14BrN3O2. The van der Waals surface area contributed by atoms with Crippen molar-refractivity contribution in [1.29, 1.82) is 0 Å². The van der Waals surface area contributed by atoms with Crippen LogP contribution in [0.4, 0.5) is 0 Å². The number of rotatable bonds is 3. The van der Waals surface area contributed by atoms with E-state index in [1.54, 1.807) is 12.4 Å². The summed E-state index contributed by atoms with van der Waals surface area (Å²) in [6.45, 7) is 5.65. The number of carbonyl (C=O) groups is 1. The molecule has 96 valence electrons. The lowest BCUT2D eigenvalue weighted by molar-refractivity contribution is -0.154. The van der Waals surface area contributed by atoms with Crippen molar-refractivity contribution in [2.24, 2.45) is 5.41 Å². The number of fused-ring (bicyclic) bond motifs is 1. The van der Waals surface area contributed by atoms with Gasteiger partial charge in [-0.2, -0.15) is 9.83 Å². The molecule has 2 rings (SSSR count). The van der Waals surface area contributed by atoms with Gasteiger partial charge in [0.2, 0.25) is 0 Å². The van der Waals surface area contributed by atoms with E-state index in [4.69, 9.17) is 4.84 Å². The number of hydrogen-bond donors (Lipinski definition) is 0. The molecule has 0 saturated carbocycles. The van der Waals surface area contributed by atoms with Gasteiger partial charge < -0.3 is 4.84 Å². The van der Waals surface area contributed by atoms with Gasteiger partial charge in [0, 0.05) is 16.1 Å². The van der Waals surface area contributed by atoms with Crippen molar-refractivity contribution in [3.8, 4) is 0 Å². The van der Waals surface area contributed by atoms with Gasteiger partial charge in [-0.05, 0) is 42.3 Å². The molecule has 0 atom stereocenters. The van der Waals surface area contributed by atoms with Crippen LogP contribution in [0.2, 0.25) is 0 Å². The summed E-state index contributed by atoms with van der Waals surface area (Å²) in [5.74, 6) is -0.288. The first-order chi connectivity index (χ1) is 8.45. The molecule has 0 radical (unpaired) electrons. The van der Waals surface area contributed by atoms with Crippen LogP contribution >= 0.6 is 15.9 Å². The minimum absolute atomic E-state index is 0.288. The van der Waals surface area contributed by atoms with Crippen LogP contribution in [0, 0.1) is 5.41 Å². The Morgan fingerprint density at radius 1 is 1.56 bits per heavy atom. The number of nitrogens with zero attached hydrogens (tertiary/aromatic N) is 3. The summed E-state index contributed by atoms with van der Waals surface area (Å²) >= 11 is 3.37. The van der Waals surface area contributed by atoms with E-state index in [1.165, 1.54) is 4.73 Å². The lowest BCUT2D eigenvalue weighted by Gasteiger charge is -2.19. The van der Waals surface area contributed by atoms with Crippen LogP contribution in [0.15, 0.2) is 22.9 Å². The Hall–Kier alpha value is -1.43. The zero-order valence-electron chi connectivity index (χ0n) is 10.5. The van der Waals surface area contributed by atoms with E-state index in [2.05, 4.69) is 26.1 Å². The van der Waals surface area contributed by atoms with Gasteiger partial charge in [-0.1, -0.05) is 6.92 Å². The van der Waals surface area contributed by atoms with Crippen molar-refractivity contribution >= 4 is 32.9 Å². The molecule has 0 saturated heterocycles. The highest BCUT2D eigenvalue weighted by Gasteiger charge is 2.28. The quantitative estimate of drug-likeness (QED) is 0.874. The van der Waals surface area contributed by atoms with Gasteiger partial charge in [-0.25, -0.2) is 4.79 Å². The molecule has 2 aromatic heterocycles. The van der Waals surface area contributed by atoms with Crippen LogP contribution in [0.25, 0.3) is 11.0 Å². The van der Waals surface area contributed by atoms with Gasteiger partial charge in [-0.3, -0.25) is 0 Å².